The highest BCUT2D eigenvalue weighted by Crippen LogP contribution is 2.46. The van der Waals surface area contributed by atoms with Crippen LogP contribution in [0.3, 0.4) is 0 Å². The zero-order chi connectivity index (χ0) is 28.3. The molecule has 1 amide bonds. The molecule has 39 heavy (non-hydrogen) atoms. The van der Waals surface area contributed by atoms with Gasteiger partial charge in [-0.15, -0.1) is 0 Å². The number of anilines is 1. The fraction of sp³-hybridized carbons (Fsp3) is 0.640. The highest BCUT2D eigenvalue weighted by molar-refractivity contribution is 9.10. The van der Waals surface area contributed by atoms with Crippen molar-refractivity contribution in [3.8, 4) is 6.01 Å². The topological polar surface area (TPSA) is 111 Å². The van der Waals surface area contributed by atoms with Crippen molar-refractivity contribution in [1.29, 1.82) is 0 Å². The summed E-state index contributed by atoms with van der Waals surface area (Å²) in [4.78, 5) is 25.8. The van der Waals surface area contributed by atoms with Crippen molar-refractivity contribution in [3.63, 3.8) is 0 Å². The first-order chi connectivity index (χ1) is 18.1. The van der Waals surface area contributed by atoms with Gasteiger partial charge in [-0.05, 0) is 68.5 Å². The van der Waals surface area contributed by atoms with E-state index in [2.05, 4.69) is 25.9 Å². The van der Waals surface area contributed by atoms with E-state index in [0.717, 1.165) is 31.9 Å². The average molecular weight is 650 g/mol. The number of hydrogen-bond acceptors (Lipinski definition) is 9. The molecule has 2 saturated heterocycles. The van der Waals surface area contributed by atoms with Gasteiger partial charge in [-0.2, -0.15) is 18.4 Å². The summed E-state index contributed by atoms with van der Waals surface area (Å²) in [6, 6.07) is 1.41. The monoisotopic (exact) mass is 648 g/mol. The van der Waals surface area contributed by atoms with Crippen LogP contribution in [0, 0.1) is 11.2 Å². The van der Waals surface area contributed by atoms with E-state index in [4.69, 9.17) is 25.3 Å². The van der Waals surface area contributed by atoms with Gasteiger partial charge in [-0.3, -0.25) is 9.08 Å². The summed E-state index contributed by atoms with van der Waals surface area (Å²) in [5.74, 6) is -0.177. The van der Waals surface area contributed by atoms with Crippen LogP contribution < -0.4 is 9.64 Å². The molecule has 10 nitrogen and oxygen atoms in total. The van der Waals surface area contributed by atoms with Gasteiger partial charge in [0.15, 0.2) is 5.82 Å². The molecular formula is C25H31BrClFN4O6S. The van der Waals surface area contributed by atoms with Crippen molar-refractivity contribution in [2.24, 2.45) is 5.41 Å². The number of carbonyl (C=O) groups excluding carboxylic acids is 1. The number of hydrogen-bond donors (Lipinski definition) is 0. The van der Waals surface area contributed by atoms with Crippen molar-refractivity contribution in [1.82, 2.24) is 14.9 Å². The molecule has 3 fully saturated rings. The molecule has 2 atom stereocenters. The number of fused-ring (bicyclic) bond motifs is 3. The fourth-order valence-corrected chi connectivity index (χ4v) is 6.05. The molecule has 1 aliphatic carbocycles. The number of piperazine rings is 1. The summed E-state index contributed by atoms with van der Waals surface area (Å²) in [6.45, 7) is 6.60. The second-order valence-electron chi connectivity index (χ2n) is 11.6. The molecule has 2 aliphatic heterocycles. The van der Waals surface area contributed by atoms with E-state index in [1.807, 2.05) is 30.6 Å². The Morgan fingerprint density at radius 2 is 1.85 bits per heavy atom. The zero-order valence-corrected chi connectivity index (χ0v) is 25.3. The third-order valence-corrected chi connectivity index (χ3v) is 9.06. The summed E-state index contributed by atoms with van der Waals surface area (Å²) in [7, 11) is -3.59. The molecular weight excluding hydrogens is 619 g/mol. The quantitative estimate of drug-likeness (QED) is 0.305. The van der Waals surface area contributed by atoms with E-state index < -0.39 is 27.0 Å². The molecule has 0 spiro atoms. The van der Waals surface area contributed by atoms with Gasteiger partial charge < -0.3 is 14.4 Å². The second kappa shape index (κ2) is 10.1. The van der Waals surface area contributed by atoms with Gasteiger partial charge >= 0.3 is 12.1 Å². The summed E-state index contributed by atoms with van der Waals surface area (Å²) in [6.07, 6.45) is 3.76. The number of benzene rings is 1. The van der Waals surface area contributed by atoms with E-state index in [-0.39, 0.29) is 52.4 Å². The molecule has 2 bridgehead atoms. The Bertz CT molecular complexity index is 1400. The fourth-order valence-electron chi connectivity index (χ4n) is 5.09. The Kier molecular flexibility index (Phi) is 7.43. The lowest BCUT2D eigenvalue weighted by Gasteiger charge is -2.42. The number of aromatic nitrogens is 2. The smallest absolute Gasteiger partial charge is 0.410 e. The maximum absolute atomic E-state index is 15.4. The van der Waals surface area contributed by atoms with Gasteiger partial charge in [0.05, 0.1) is 41.0 Å². The normalized spacial score (nSPS) is 22.3. The van der Waals surface area contributed by atoms with E-state index in [1.165, 1.54) is 0 Å². The Balaban J connectivity index is 1.43. The van der Waals surface area contributed by atoms with Crippen LogP contribution in [0.5, 0.6) is 6.01 Å². The van der Waals surface area contributed by atoms with Crippen LogP contribution in [0.2, 0.25) is 5.02 Å². The predicted octanol–water partition coefficient (Wildman–Crippen LogP) is 4.91. The first-order valence-corrected chi connectivity index (χ1v) is 15.7. The van der Waals surface area contributed by atoms with Crippen molar-refractivity contribution < 1.29 is 31.3 Å². The lowest BCUT2D eigenvalue weighted by molar-refractivity contribution is 0.0122. The van der Waals surface area contributed by atoms with Gasteiger partial charge in [0.2, 0.25) is 0 Å². The SMILES string of the molecule is CC(C)(C)OC(=O)N1C2CCC1CN(c1nc(OCC3(COS(C)(=O)=O)CC3)nc3c(F)c(Br)c(Cl)cc13)C2. The molecule has 14 heteroatoms. The molecule has 1 aromatic heterocycles. The zero-order valence-electron chi connectivity index (χ0n) is 22.2. The van der Waals surface area contributed by atoms with Crippen molar-refractivity contribution in [2.75, 3.05) is 37.5 Å². The average Bonchev–Trinajstić information content (AvgIpc) is 3.56. The maximum Gasteiger partial charge on any atom is 0.410 e. The first kappa shape index (κ1) is 28.6. The standard InChI is InChI=1S/C25H31BrClFN4O6S/c1-24(2,3)38-23(33)32-14-5-6-15(32)11-31(10-14)21-16-9-17(27)18(26)19(28)20(16)29-22(30-21)36-12-25(7-8-25)13-37-39(4,34)35/h9,14-15H,5-8,10-13H2,1-4H3. The third-order valence-electron chi connectivity index (χ3n) is 7.22. The highest BCUT2D eigenvalue weighted by Gasteiger charge is 2.46. The Morgan fingerprint density at radius 3 is 2.41 bits per heavy atom. The van der Waals surface area contributed by atoms with Crippen molar-refractivity contribution in [2.45, 2.75) is 64.1 Å². The summed E-state index contributed by atoms with van der Waals surface area (Å²) in [5.41, 5.74) is -1.01. The number of halogens is 3. The Morgan fingerprint density at radius 1 is 1.21 bits per heavy atom. The van der Waals surface area contributed by atoms with Gasteiger partial charge in [0.1, 0.15) is 16.9 Å². The lowest BCUT2D eigenvalue weighted by atomic mass is 10.1. The molecule has 214 valence electrons. The van der Waals surface area contributed by atoms with E-state index in [9.17, 15) is 13.2 Å². The summed E-state index contributed by atoms with van der Waals surface area (Å²) < 4.78 is 54.9. The number of amides is 1. The van der Waals surface area contributed by atoms with Crippen LogP contribution >= 0.6 is 27.5 Å². The lowest BCUT2D eigenvalue weighted by Crippen LogP contribution is -2.57. The number of carbonyl (C=O) groups is 1. The second-order valence-corrected chi connectivity index (χ2v) is 14.5. The van der Waals surface area contributed by atoms with Gasteiger partial charge in [-0.25, -0.2) is 9.18 Å². The molecule has 2 unspecified atom stereocenters. The van der Waals surface area contributed by atoms with Crippen LogP contribution in [0.1, 0.15) is 46.5 Å². The molecule has 3 heterocycles. The molecule has 1 aromatic carbocycles. The van der Waals surface area contributed by atoms with E-state index in [1.54, 1.807) is 6.07 Å². The molecule has 2 aromatic rings. The number of nitrogens with zero attached hydrogens (tertiary/aromatic N) is 4. The summed E-state index contributed by atoms with van der Waals surface area (Å²) >= 11 is 9.50. The maximum atomic E-state index is 15.4. The van der Waals surface area contributed by atoms with Crippen LogP contribution in [-0.2, 0) is 19.0 Å². The van der Waals surface area contributed by atoms with Crippen molar-refractivity contribution in [3.05, 3.63) is 21.4 Å². The van der Waals surface area contributed by atoms with Gasteiger partial charge in [0, 0.05) is 23.9 Å². The molecule has 0 N–H and O–H groups in total. The minimum Gasteiger partial charge on any atom is -0.463 e. The molecule has 0 radical (unpaired) electrons. The van der Waals surface area contributed by atoms with Crippen LogP contribution in [0.15, 0.2) is 10.5 Å². The number of ether oxygens (including phenoxy) is 2. The minimum absolute atomic E-state index is 0.00221. The van der Waals surface area contributed by atoms with E-state index >= 15 is 4.39 Å². The largest absolute Gasteiger partial charge is 0.463 e. The van der Waals surface area contributed by atoms with Crippen LogP contribution in [0.25, 0.3) is 10.9 Å². The third kappa shape index (κ3) is 6.20. The molecule has 3 aliphatic rings. The highest BCUT2D eigenvalue weighted by atomic mass is 79.9. The Hall–Kier alpha value is -1.96. The molecule has 1 saturated carbocycles. The van der Waals surface area contributed by atoms with Crippen LogP contribution in [-0.4, -0.2) is 79.6 Å². The summed E-state index contributed by atoms with van der Waals surface area (Å²) in [5, 5.41) is 0.614. The van der Waals surface area contributed by atoms with Gasteiger partial charge in [0.25, 0.3) is 10.1 Å². The number of rotatable bonds is 7. The Labute approximate surface area is 240 Å². The molecule has 5 rings (SSSR count). The van der Waals surface area contributed by atoms with E-state index in [0.29, 0.717) is 24.3 Å². The first-order valence-electron chi connectivity index (χ1n) is 12.7. The minimum atomic E-state index is -3.59. The van der Waals surface area contributed by atoms with Crippen LogP contribution in [0.4, 0.5) is 15.0 Å². The predicted molar refractivity (Wildman–Crippen MR) is 147 cm³/mol. The van der Waals surface area contributed by atoms with Crippen molar-refractivity contribution >= 4 is 60.5 Å². The van der Waals surface area contributed by atoms with Gasteiger partial charge in [-0.1, -0.05) is 11.6 Å².